The van der Waals surface area contributed by atoms with Crippen molar-refractivity contribution < 1.29 is 22.3 Å². The minimum Gasteiger partial charge on any atom is -0.147 e. The fourth-order valence-corrected chi connectivity index (χ4v) is 18.3. The molecule has 0 saturated heterocycles. The van der Waals surface area contributed by atoms with Crippen LogP contribution in [-0.2, 0) is 22.3 Å². The molecular weight excluding hydrogens is 579 g/mol. The van der Waals surface area contributed by atoms with Crippen molar-refractivity contribution in [2.24, 2.45) is 0 Å². The molecule has 4 rings (SSSR count). The quantitative estimate of drug-likeness (QED) is 0.267. The summed E-state index contributed by atoms with van der Waals surface area (Å²) < 4.78 is 3.98. The molecule has 0 nitrogen and oxygen atoms in total. The minimum absolute atomic E-state index is 0. The van der Waals surface area contributed by atoms with Gasteiger partial charge >= 0.3 is 216 Å². The molecule has 0 N–H and O–H groups in total. The molecule has 2 aromatic carbocycles. The SMILES string of the molecule is C[SiH](C)[C](=[Zr]=[C](C(C1=CC=CC1)c1ccccc1)[SiH](C)C)C(C1=CC=CC1)c1ccccc1.Cl.Cl. The van der Waals surface area contributed by atoms with Gasteiger partial charge in [0.25, 0.3) is 0 Å². The van der Waals surface area contributed by atoms with Crippen LogP contribution < -0.4 is 0 Å². The van der Waals surface area contributed by atoms with Crippen LogP contribution in [0.2, 0.25) is 26.2 Å². The first-order chi connectivity index (χ1) is 16.1. The number of allylic oxidation sites excluding steroid dienone is 8. The van der Waals surface area contributed by atoms with Gasteiger partial charge in [-0.3, -0.25) is 0 Å². The first-order valence-electron chi connectivity index (χ1n) is 12.4. The summed E-state index contributed by atoms with van der Waals surface area (Å²) in [5.41, 5.74) is 6.29. The van der Waals surface area contributed by atoms with Gasteiger partial charge < -0.3 is 0 Å². The zero-order chi connectivity index (χ0) is 23.2. The Labute approximate surface area is 238 Å². The molecule has 0 bridgehead atoms. The van der Waals surface area contributed by atoms with Gasteiger partial charge in [0.05, 0.1) is 0 Å². The van der Waals surface area contributed by atoms with Gasteiger partial charge in [-0.1, -0.05) is 0 Å². The van der Waals surface area contributed by atoms with Crippen molar-refractivity contribution in [2.45, 2.75) is 50.9 Å². The molecule has 184 valence electrons. The molecule has 0 spiro atoms. The van der Waals surface area contributed by atoms with Crippen LogP contribution in [0.25, 0.3) is 0 Å². The number of hydrogen-bond acceptors (Lipinski definition) is 0. The first-order valence-corrected chi connectivity index (χ1v) is 20.6. The summed E-state index contributed by atoms with van der Waals surface area (Å²) in [6.45, 7) is 10.3. The van der Waals surface area contributed by atoms with Crippen LogP contribution in [0, 0.1) is 0 Å². The average Bonchev–Trinajstić information content (AvgIpc) is 3.54. The summed E-state index contributed by atoms with van der Waals surface area (Å²) in [5, 5.41) is 0. The maximum Gasteiger partial charge on any atom is -0.147 e. The molecule has 0 aliphatic heterocycles. The van der Waals surface area contributed by atoms with Crippen molar-refractivity contribution in [3.63, 3.8) is 0 Å². The third-order valence-corrected chi connectivity index (χ3v) is 23.0. The maximum absolute atomic E-state index is 2.59. The molecular formula is C30H38Cl2Si2Zr. The van der Waals surface area contributed by atoms with E-state index in [1.165, 1.54) is 11.1 Å². The minimum atomic E-state index is -0.945. The number of hydrogen-bond donors (Lipinski definition) is 0. The van der Waals surface area contributed by atoms with Crippen molar-refractivity contribution in [1.82, 2.24) is 0 Å². The Morgan fingerprint density at radius 2 is 1.00 bits per heavy atom. The summed E-state index contributed by atoms with van der Waals surface area (Å²) in [5.74, 6) is 1.07. The first kappa shape index (κ1) is 30.3. The van der Waals surface area contributed by atoms with Gasteiger partial charge in [0.1, 0.15) is 0 Å². The van der Waals surface area contributed by atoms with Crippen LogP contribution in [-0.4, -0.2) is 23.3 Å². The number of rotatable bonds is 8. The third-order valence-electron chi connectivity index (χ3n) is 6.76. The molecule has 0 amide bonds. The van der Waals surface area contributed by atoms with Crippen molar-refractivity contribution in [2.75, 3.05) is 0 Å². The van der Waals surface area contributed by atoms with Crippen LogP contribution in [0.5, 0.6) is 0 Å². The van der Waals surface area contributed by atoms with E-state index in [1.54, 1.807) is 11.1 Å². The summed E-state index contributed by atoms with van der Waals surface area (Å²) in [6.07, 6.45) is 16.3. The molecule has 2 aromatic rings. The van der Waals surface area contributed by atoms with E-state index in [2.05, 4.69) is 123 Å². The van der Waals surface area contributed by atoms with Crippen molar-refractivity contribution in [1.29, 1.82) is 0 Å². The fourth-order valence-electron chi connectivity index (χ4n) is 5.10. The average molecular weight is 617 g/mol. The topological polar surface area (TPSA) is 0 Å². The molecule has 0 saturated carbocycles. The van der Waals surface area contributed by atoms with Gasteiger partial charge in [0.2, 0.25) is 0 Å². The molecule has 35 heavy (non-hydrogen) atoms. The Morgan fingerprint density at radius 3 is 1.29 bits per heavy atom. The van der Waals surface area contributed by atoms with Gasteiger partial charge in [-0.15, -0.1) is 24.8 Å². The van der Waals surface area contributed by atoms with Crippen molar-refractivity contribution in [3.8, 4) is 0 Å². The molecule has 5 heteroatoms. The zero-order valence-electron chi connectivity index (χ0n) is 21.3. The van der Waals surface area contributed by atoms with Crippen LogP contribution in [0.15, 0.2) is 108 Å². The maximum atomic E-state index is 2.59. The van der Waals surface area contributed by atoms with Crippen LogP contribution in [0.3, 0.4) is 0 Å². The van der Waals surface area contributed by atoms with Crippen LogP contribution in [0.1, 0.15) is 35.8 Å². The largest absolute Gasteiger partial charge is 0.147 e. The number of benzene rings is 2. The van der Waals surface area contributed by atoms with Gasteiger partial charge in [-0.05, 0) is 0 Å². The smallest absolute Gasteiger partial charge is 0.147 e. The van der Waals surface area contributed by atoms with Gasteiger partial charge in [-0.25, -0.2) is 0 Å². The molecule has 0 heterocycles. The summed E-state index contributed by atoms with van der Waals surface area (Å²) in [4.78, 5) is 0. The van der Waals surface area contributed by atoms with E-state index in [0.29, 0.717) is 11.8 Å². The van der Waals surface area contributed by atoms with Crippen molar-refractivity contribution in [3.05, 3.63) is 119 Å². The second-order valence-corrected chi connectivity index (χ2v) is 21.9. The molecule has 2 unspecified atom stereocenters. The predicted octanol–water partition coefficient (Wildman–Crippen LogP) is 7.65. The van der Waals surface area contributed by atoms with E-state index in [-0.39, 0.29) is 24.8 Å². The van der Waals surface area contributed by atoms with Crippen LogP contribution in [0.4, 0.5) is 0 Å². The molecule has 2 aliphatic rings. The third kappa shape index (κ3) is 7.52. The summed E-state index contributed by atoms with van der Waals surface area (Å²) >= 11 is -0.863. The van der Waals surface area contributed by atoms with E-state index < -0.39 is 39.9 Å². The molecule has 0 aromatic heterocycles. The summed E-state index contributed by atoms with van der Waals surface area (Å²) in [6, 6.07) is 22.8. The van der Waals surface area contributed by atoms with Gasteiger partial charge in [-0.2, -0.15) is 0 Å². The Kier molecular flexibility index (Phi) is 12.7. The molecule has 0 radical (unpaired) electrons. The normalized spacial score (nSPS) is 15.6. The Morgan fingerprint density at radius 1 is 0.629 bits per heavy atom. The standard InChI is InChI=1S/2C15H18Si.2ClH.Zr/c2*1-16(2)12-15(14-10-6-7-11-14)13-8-4-3-5-9-13;;;/h2*3-10,15-16H,11H2,1-2H3;2*1H;. The molecule has 2 atom stereocenters. The van der Waals surface area contributed by atoms with Gasteiger partial charge in [0.15, 0.2) is 0 Å². The second-order valence-electron chi connectivity index (χ2n) is 9.78. The van der Waals surface area contributed by atoms with E-state index in [1.807, 2.05) is 5.66 Å². The fraction of sp³-hybridized carbons (Fsp3) is 0.267. The zero-order valence-corrected chi connectivity index (χ0v) is 27.7. The summed E-state index contributed by atoms with van der Waals surface area (Å²) in [7, 11) is -1.89. The van der Waals surface area contributed by atoms with E-state index in [0.717, 1.165) is 12.8 Å². The number of halogens is 2. The van der Waals surface area contributed by atoms with Gasteiger partial charge in [0, 0.05) is 0 Å². The Bertz CT molecular complexity index is 1070. The Balaban J connectivity index is 0.00000216. The second kappa shape index (κ2) is 14.7. The van der Waals surface area contributed by atoms with E-state index in [4.69, 9.17) is 0 Å². The van der Waals surface area contributed by atoms with E-state index >= 15 is 0 Å². The predicted molar refractivity (Wildman–Crippen MR) is 164 cm³/mol. The van der Waals surface area contributed by atoms with Crippen LogP contribution >= 0.6 is 24.8 Å². The molecule has 2 aliphatic carbocycles. The Hall–Kier alpha value is -0.963. The van der Waals surface area contributed by atoms with Crippen molar-refractivity contribution >= 4 is 48.1 Å². The van der Waals surface area contributed by atoms with E-state index in [9.17, 15) is 0 Å². The molecule has 0 fully saturated rings. The monoisotopic (exact) mass is 614 g/mol.